The van der Waals surface area contributed by atoms with Crippen LogP contribution in [0.1, 0.15) is 23.2 Å². The fourth-order valence-corrected chi connectivity index (χ4v) is 2.81. The van der Waals surface area contributed by atoms with E-state index in [1.54, 1.807) is 0 Å². The summed E-state index contributed by atoms with van der Waals surface area (Å²) in [5.41, 5.74) is 2.32. The zero-order chi connectivity index (χ0) is 14.4. The van der Waals surface area contributed by atoms with Gasteiger partial charge in [-0.3, -0.25) is 0 Å². The van der Waals surface area contributed by atoms with Crippen LogP contribution in [0.15, 0.2) is 63.4 Å². The van der Waals surface area contributed by atoms with Gasteiger partial charge in [0.1, 0.15) is 28.8 Å². The molecule has 0 aliphatic rings. The molecule has 1 atom stereocenters. The summed E-state index contributed by atoms with van der Waals surface area (Å²) in [6.07, 6.45) is -0.832. The van der Waals surface area contributed by atoms with Crippen molar-refractivity contribution >= 4 is 21.9 Å². The number of fused-ring (bicyclic) bond motifs is 2. The van der Waals surface area contributed by atoms with Gasteiger partial charge in [0.25, 0.3) is 0 Å². The molecule has 4 aromatic rings. The summed E-state index contributed by atoms with van der Waals surface area (Å²) in [4.78, 5) is 0. The van der Waals surface area contributed by atoms with E-state index >= 15 is 0 Å². The predicted molar refractivity (Wildman–Crippen MR) is 81.2 cm³/mol. The molecular weight excluding hydrogens is 264 g/mol. The second-order valence-corrected chi connectivity index (χ2v) is 5.16. The van der Waals surface area contributed by atoms with Crippen LogP contribution in [0.2, 0.25) is 0 Å². The third-order valence-corrected chi connectivity index (χ3v) is 3.81. The van der Waals surface area contributed by atoms with Crippen LogP contribution in [0.4, 0.5) is 0 Å². The largest absolute Gasteiger partial charge is 0.461 e. The molecular formula is C18H14O3. The molecule has 0 saturated carbocycles. The third kappa shape index (κ3) is 1.86. The number of aliphatic hydroxyl groups is 1. The summed E-state index contributed by atoms with van der Waals surface area (Å²) in [5.74, 6) is 1.25. The molecule has 0 aliphatic heterocycles. The van der Waals surface area contributed by atoms with Gasteiger partial charge in [0.05, 0.1) is 0 Å². The third-order valence-electron chi connectivity index (χ3n) is 3.81. The summed E-state index contributed by atoms with van der Waals surface area (Å²) in [5, 5.41) is 12.6. The molecule has 0 aliphatic carbocycles. The lowest BCUT2D eigenvalue weighted by molar-refractivity contribution is 0.191. The molecule has 2 aromatic carbocycles. The molecule has 4 rings (SSSR count). The fraction of sp³-hybridized carbons (Fsp3) is 0.111. The van der Waals surface area contributed by atoms with Crippen LogP contribution in [0, 0.1) is 6.92 Å². The minimum Gasteiger partial charge on any atom is -0.461 e. The summed E-state index contributed by atoms with van der Waals surface area (Å²) >= 11 is 0. The second kappa shape index (κ2) is 4.50. The average Bonchev–Trinajstić information content (AvgIpc) is 3.06. The molecule has 1 N–H and O–H groups in total. The van der Waals surface area contributed by atoms with E-state index in [0.29, 0.717) is 11.5 Å². The van der Waals surface area contributed by atoms with Crippen molar-refractivity contribution in [2.24, 2.45) is 0 Å². The number of furan rings is 2. The summed E-state index contributed by atoms with van der Waals surface area (Å²) in [6, 6.07) is 17.3. The van der Waals surface area contributed by atoms with Crippen molar-refractivity contribution in [3.05, 3.63) is 71.7 Å². The van der Waals surface area contributed by atoms with Gasteiger partial charge in [-0.2, -0.15) is 0 Å². The van der Waals surface area contributed by atoms with E-state index in [0.717, 1.165) is 27.5 Å². The Bertz CT molecular complexity index is 897. The van der Waals surface area contributed by atoms with Gasteiger partial charge in [-0.25, -0.2) is 0 Å². The molecule has 0 fully saturated rings. The normalized spacial score (nSPS) is 13.0. The molecule has 2 aromatic heterocycles. The van der Waals surface area contributed by atoms with E-state index in [-0.39, 0.29) is 0 Å². The summed E-state index contributed by atoms with van der Waals surface area (Å²) in [7, 11) is 0. The Kier molecular flexibility index (Phi) is 2.62. The van der Waals surface area contributed by atoms with Crippen molar-refractivity contribution in [3.8, 4) is 0 Å². The number of aliphatic hydroxyl groups excluding tert-OH is 1. The van der Waals surface area contributed by atoms with E-state index in [4.69, 9.17) is 8.83 Å². The maximum Gasteiger partial charge on any atom is 0.141 e. The first-order valence-electron chi connectivity index (χ1n) is 6.88. The van der Waals surface area contributed by atoms with Gasteiger partial charge in [-0.05, 0) is 25.1 Å². The molecule has 3 heteroatoms. The fourth-order valence-electron chi connectivity index (χ4n) is 2.81. The minimum atomic E-state index is -0.832. The molecule has 104 valence electrons. The number of hydrogen-bond donors (Lipinski definition) is 1. The number of aryl methyl sites for hydroxylation is 1. The van der Waals surface area contributed by atoms with Crippen LogP contribution in [0.25, 0.3) is 21.9 Å². The zero-order valence-corrected chi connectivity index (χ0v) is 11.5. The maximum absolute atomic E-state index is 10.7. The molecule has 0 bridgehead atoms. The number of hydrogen-bond acceptors (Lipinski definition) is 3. The first-order valence-corrected chi connectivity index (χ1v) is 6.88. The monoisotopic (exact) mass is 278 g/mol. The van der Waals surface area contributed by atoms with Crippen molar-refractivity contribution < 1.29 is 13.9 Å². The summed E-state index contributed by atoms with van der Waals surface area (Å²) < 4.78 is 11.5. The molecule has 3 nitrogen and oxygen atoms in total. The highest BCUT2D eigenvalue weighted by atomic mass is 16.4. The molecule has 21 heavy (non-hydrogen) atoms. The highest BCUT2D eigenvalue weighted by molar-refractivity contribution is 5.83. The zero-order valence-electron chi connectivity index (χ0n) is 11.5. The van der Waals surface area contributed by atoms with Crippen molar-refractivity contribution in [2.45, 2.75) is 13.0 Å². The topological polar surface area (TPSA) is 46.5 Å². The Labute approximate surface area is 121 Å². The van der Waals surface area contributed by atoms with Gasteiger partial charge in [0.15, 0.2) is 0 Å². The summed E-state index contributed by atoms with van der Waals surface area (Å²) in [6.45, 7) is 1.86. The lowest BCUT2D eigenvalue weighted by Gasteiger charge is -2.07. The number of para-hydroxylation sites is 2. The first kappa shape index (κ1) is 12.2. The Morgan fingerprint density at radius 1 is 0.905 bits per heavy atom. The van der Waals surface area contributed by atoms with Gasteiger partial charge in [-0.15, -0.1) is 0 Å². The van der Waals surface area contributed by atoms with Gasteiger partial charge in [0.2, 0.25) is 0 Å². The van der Waals surface area contributed by atoms with Gasteiger partial charge < -0.3 is 13.9 Å². The number of rotatable bonds is 2. The van der Waals surface area contributed by atoms with Crippen LogP contribution < -0.4 is 0 Å². The molecule has 0 spiro atoms. The van der Waals surface area contributed by atoms with Crippen LogP contribution in [-0.4, -0.2) is 5.11 Å². The van der Waals surface area contributed by atoms with Gasteiger partial charge in [-0.1, -0.05) is 36.4 Å². The van der Waals surface area contributed by atoms with Crippen LogP contribution >= 0.6 is 0 Å². The van der Waals surface area contributed by atoms with E-state index in [2.05, 4.69) is 0 Å². The predicted octanol–water partition coefficient (Wildman–Crippen LogP) is 4.57. The van der Waals surface area contributed by atoms with E-state index in [1.807, 2.05) is 61.5 Å². The first-order chi connectivity index (χ1) is 10.2. The maximum atomic E-state index is 10.7. The van der Waals surface area contributed by atoms with Crippen LogP contribution in [0.5, 0.6) is 0 Å². The Morgan fingerprint density at radius 2 is 1.62 bits per heavy atom. The molecule has 0 radical (unpaired) electrons. The van der Waals surface area contributed by atoms with Gasteiger partial charge >= 0.3 is 0 Å². The van der Waals surface area contributed by atoms with E-state index < -0.39 is 6.10 Å². The van der Waals surface area contributed by atoms with Crippen molar-refractivity contribution in [1.82, 2.24) is 0 Å². The van der Waals surface area contributed by atoms with Crippen molar-refractivity contribution in [3.63, 3.8) is 0 Å². The number of benzene rings is 2. The Hall–Kier alpha value is -2.52. The Balaban J connectivity index is 1.89. The smallest absolute Gasteiger partial charge is 0.141 e. The molecule has 1 unspecified atom stereocenters. The average molecular weight is 278 g/mol. The Morgan fingerprint density at radius 3 is 2.43 bits per heavy atom. The lowest BCUT2D eigenvalue weighted by Crippen LogP contribution is -1.98. The quantitative estimate of drug-likeness (QED) is 0.584. The minimum absolute atomic E-state index is 0.533. The standard InChI is InChI=1S/C18H14O3/c1-11-17(13-7-3-5-9-15(13)20-11)18(19)16-10-12-6-2-4-8-14(12)21-16/h2-10,18-19H,1H3. The highest BCUT2D eigenvalue weighted by Gasteiger charge is 2.23. The van der Waals surface area contributed by atoms with E-state index in [1.165, 1.54) is 0 Å². The SMILES string of the molecule is Cc1oc2ccccc2c1C(O)c1cc2ccccc2o1. The van der Waals surface area contributed by atoms with Gasteiger partial charge in [0, 0.05) is 16.3 Å². The van der Waals surface area contributed by atoms with E-state index in [9.17, 15) is 5.11 Å². The highest BCUT2D eigenvalue weighted by Crippen LogP contribution is 2.35. The van der Waals surface area contributed by atoms with Crippen molar-refractivity contribution in [1.29, 1.82) is 0 Å². The van der Waals surface area contributed by atoms with Crippen molar-refractivity contribution in [2.75, 3.05) is 0 Å². The second-order valence-electron chi connectivity index (χ2n) is 5.16. The molecule has 0 amide bonds. The lowest BCUT2D eigenvalue weighted by atomic mass is 10.0. The van der Waals surface area contributed by atoms with Crippen LogP contribution in [0.3, 0.4) is 0 Å². The molecule has 0 saturated heterocycles. The van der Waals surface area contributed by atoms with Crippen LogP contribution in [-0.2, 0) is 0 Å². The molecule has 2 heterocycles.